The molecule has 1 aliphatic rings. The first-order valence-electron chi connectivity index (χ1n) is 7.06. The van der Waals surface area contributed by atoms with Crippen LogP contribution in [0.1, 0.15) is 27.0 Å². The van der Waals surface area contributed by atoms with Gasteiger partial charge in [0.25, 0.3) is 5.91 Å². The van der Waals surface area contributed by atoms with E-state index < -0.39 is 0 Å². The average molecular weight is 282 g/mol. The maximum Gasteiger partial charge on any atom is 0.254 e. The molecule has 0 saturated carbocycles. The van der Waals surface area contributed by atoms with Crippen LogP contribution in [0.5, 0.6) is 5.75 Å². The number of hydrogen-bond acceptors (Lipinski definition) is 3. The molecule has 3 rings (SSSR count). The van der Waals surface area contributed by atoms with E-state index in [0.717, 1.165) is 17.5 Å². The van der Waals surface area contributed by atoms with E-state index in [-0.39, 0.29) is 11.7 Å². The Balaban J connectivity index is 1.79. The summed E-state index contributed by atoms with van der Waals surface area (Å²) in [6, 6.07) is 12.8. The van der Waals surface area contributed by atoms with Crippen molar-refractivity contribution in [3.05, 3.63) is 64.7 Å². The SMILES string of the molecule is NCc1ccc(C(=O)N2CCc3ccc(O)cc3C2)cc1. The molecule has 4 nitrogen and oxygen atoms in total. The lowest BCUT2D eigenvalue weighted by Crippen LogP contribution is -2.35. The van der Waals surface area contributed by atoms with Crippen LogP contribution < -0.4 is 5.73 Å². The van der Waals surface area contributed by atoms with Gasteiger partial charge >= 0.3 is 0 Å². The minimum Gasteiger partial charge on any atom is -0.508 e. The van der Waals surface area contributed by atoms with Crippen LogP contribution in [0.4, 0.5) is 0 Å². The predicted octanol–water partition coefficient (Wildman–Crippen LogP) is 2.05. The second-order valence-electron chi connectivity index (χ2n) is 5.33. The smallest absolute Gasteiger partial charge is 0.254 e. The highest BCUT2D eigenvalue weighted by molar-refractivity contribution is 5.94. The summed E-state index contributed by atoms with van der Waals surface area (Å²) in [4.78, 5) is 14.3. The summed E-state index contributed by atoms with van der Waals surface area (Å²) >= 11 is 0. The number of carbonyl (C=O) groups is 1. The molecule has 0 spiro atoms. The van der Waals surface area contributed by atoms with Gasteiger partial charge in [0, 0.05) is 25.2 Å². The van der Waals surface area contributed by atoms with Gasteiger partial charge < -0.3 is 15.7 Å². The third-order valence-electron chi connectivity index (χ3n) is 3.93. The van der Waals surface area contributed by atoms with E-state index in [0.29, 0.717) is 25.2 Å². The van der Waals surface area contributed by atoms with Gasteiger partial charge in [-0.1, -0.05) is 18.2 Å². The highest BCUT2D eigenvalue weighted by Gasteiger charge is 2.21. The molecule has 1 aliphatic heterocycles. The van der Waals surface area contributed by atoms with Crippen LogP contribution in [0.2, 0.25) is 0 Å². The number of nitrogens with zero attached hydrogens (tertiary/aromatic N) is 1. The second-order valence-corrected chi connectivity index (χ2v) is 5.33. The van der Waals surface area contributed by atoms with Gasteiger partial charge in [-0.15, -0.1) is 0 Å². The van der Waals surface area contributed by atoms with Crippen molar-refractivity contribution in [2.24, 2.45) is 5.73 Å². The van der Waals surface area contributed by atoms with Crippen molar-refractivity contribution in [3.63, 3.8) is 0 Å². The Hall–Kier alpha value is -2.33. The Morgan fingerprint density at radius 3 is 2.62 bits per heavy atom. The highest BCUT2D eigenvalue weighted by atomic mass is 16.3. The zero-order valence-corrected chi connectivity index (χ0v) is 11.7. The minimum absolute atomic E-state index is 0.0209. The zero-order valence-electron chi connectivity index (χ0n) is 11.7. The molecule has 0 radical (unpaired) electrons. The molecule has 0 atom stereocenters. The number of rotatable bonds is 2. The lowest BCUT2D eigenvalue weighted by atomic mass is 9.98. The minimum atomic E-state index is 0.0209. The summed E-state index contributed by atoms with van der Waals surface area (Å²) in [7, 11) is 0. The summed E-state index contributed by atoms with van der Waals surface area (Å²) < 4.78 is 0. The van der Waals surface area contributed by atoms with Crippen molar-refractivity contribution in [1.29, 1.82) is 0 Å². The molecule has 108 valence electrons. The number of phenols is 1. The molecule has 21 heavy (non-hydrogen) atoms. The van der Waals surface area contributed by atoms with Gasteiger partial charge in [0.15, 0.2) is 0 Å². The van der Waals surface area contributed by atoms with Crippen LogP contribution in [0.15, 0.2) is 42.5 Å². The second kappa shape index (κ2) is 5.58. The van der Waals surface area contributed by atoms with E-state index in [1.165, 1.54) is 5.56 Å². The maximum absolute atomic E-state index is 12.5. The number of aromatic hydroxyl groups is 1. The van der Waals surface area contributed by atoms with Crippen molar-refractivity contribution in [2.75, 3.05) is 6.54 Å². The van der Waals surface area contributed by atoms with Crippen LogP contribution in [-0.2, 0) is 19.5 Å². The van der Waals surface area contributed by atoms with E-state index in [4.69, 9.17) is 5.73 Å². The lowest BCUT2D eigenvalue weighted by Gasteiger charge is -2.29. The molecule has 4 heteroatoms. The van der Waals surface area contributed by atoms with E-state index in [1.54, 1.807) is 12.1 Å². The molecule has 0 saturated heterocycles. The molecule has 2 aromatic rings. The van der Waals surface area contributed by atoms with Crippen molar-refractivity contribution >= 4 is 5.91 Å². The Kier molecular flexibility index (Phi) is 3.62. The Bertz CT molecular complexity index is 665. The van der Waals surface area contributed by atoms with E-state index in [2.05, 4.69) is 0 Å². The number of fused-ring (bicyclic) bond motifs is 1. The molecule has 3 N–H and O–H groups in total. The number of hydrogen-bond donors (Lipinski definition) is 2. The maximum atomic E-state index is 12.5. The molecule has 0 aliphatic carbocycles. The van der Waals surface area contributed by atoms with E-state index >= 15 is 0 Å². The highest BCUT2D eigenvalue weighted by Crippen LogP contribution is 2.24. The number of benzene rings is 2. The van der Waals surface area contributed by atoms with Crippen molar-refractivity contribution in [1.82, 2.24) is 4.90 Å². The molecular formula is C17H18N2O2. The molecule has 1 amide bonds. The monoisotopic (exact) mass is 282 g/mol. The molecule has 0 unspecified atom stereocenters. The zero-order chi connectivity index (χ0) is 14.8. The molecule has 0 bridgehead atoms. The van der Waals surface area contributed by atoms with Gasteiger partial charge in [0.2, 0.25) is 0 Å². The Morgan fingerprint density at radius 2 is 1.90 bits per heavy atom. The van der Waals surface area contributed by atoms with Gasteiger partial charge in [-0.3, -0.25) is 4.79 Å². The molecule has 0 fully saturated rings. The summed E-state index contributed by atoms with van der Waals surface area (Å²) in [6.07, 6.45) is 0.822. The van der Waals surface area contributed by atoms with E-state index in [1.807, 2.05) is 35.2 Å². The van der Waals surface area contributed by atoms with Gasteiger partial charge in [-0.05, 0) is 47.4 Å². The third kappa shape index (κ3) is 2.76. The molecule has 0 aromatic heterocycles. The first kappa shape index (κ1) is 13.6. The van der Waals surface area contributed by atoms with Crippen molar-refractivity contribution in [3.8, 4) is 5.75 Å². The van der Waals surface area contributed by atoms with Crippen LogP contribution >= 0.6 is 0 Å². The van der Waals surface area contributed by atoms with Gasteiger partial charge in [0.1, 0.15) is 5.75 Å². The molecular weight excluding hydrogens is 264 g/mol. The fraction of sp³-hybridized carbons (Fsp3) is 0.235. The first-order valence-corrected chi connectivity index (χ1v) is 7.06. The van der Waals surface area contributed by atoms with Crippen LogP contribution in [0.25, 0.3) is 0 Å². The summed E-state index contributed by atoms with van der Waals surface area (Å²) in [5.74, 6) is 0.267. The quantitative estimate of drug-likeness (QED) is 0.886. The number of amides is 1. The fourth-order valence-corrected chi connectivity index (χ4v) is 2.68. The van der Waals surface area contributed by atoms with Crippen LogP contribution in [-0.4, -0.2) is 22.5 Å². The van der Waals surface area contributed by atoms with Crippen molar-refractivity contribution < 1.29 is 9.90 Å². The molecule has 2 aromatic carbocycles. The normalized spacial score (nSPS) is 13.9. The van der Waals surface area contributed by atoms with Gasteiger partial charge in [-0.25, -0.2) is 0 Å². The first-order chi connectivity index (χ1) is 10.2. The Morgan fingerprint density at radius 1 is 1.14 bits per heavy atom. The van der Waals surface area contributed by atoms with Gasteiger partial charge in [-0.2, -0.15) is 0 Å². The number of carbonyl (C=O) groups excluding carboxylic acids is 1. The fourth-order valence-electron chi connectivity index (χ4n) is 2.68. The number of nitrogens with two attached hydrogens (primary N) is 1. The summed E-state index contributed by atoms with van der Waals surface area (Å²) in [5, 5.41) is 9.57. The van der Waals surface area contributed by atoms with Crippen LogP contribution in [0.3, 0.4) is 0 Å². The third-order valence-corrected chi connectivity index (χ3v) is 3.93. The van der Waals surface area contributed by atoms with E-state index in [9.17, 15) is 9.90 Å². The number of phenolic OH excluding ortho intramolecular Hbond substituents is 1. The van der Waals surface area contributed by atoms with Crippen molar-refractivity contribution in [2.45, 2.75) is 19.5 Å². The Labute approximate surface area is 123 Å². The molecule has 1 heterocycles. The topological polar surface area (TPSA) is 66.6 Å². The standard InChI is InChI=1S/C17H18N2O2/c18-10-12-1-3-14(4-2-12)17(21)19-8-7-13-5-6-16(20)9-15(13)11-19/h1-6,9,20H,7-8,10-11,18H2. The average Bonchev–Trinajstić information content (AvgIpc) is 2.53. The predicted molar refractivity (Wildman–Crippen MR) is 80.9 cm³/mol. The largest absolute Gasteiger partial charge is 0.508 e. The van der Waals surface area contributed by atoms with Gasteiger partial charge in [0.05, 0.1) is 0 Å². The van der Waals surface area contributed by atoms with Crippen LogP contribution in [0, 0.1) is 0 Å². The summed E-state index contributed by atoms with van der Waals surface area (Å²) in [6.45, 7) is 1.72. The lowest BCUT2D eigenvalue weighted by molar-refractivity contribution is 0.0734. The summed E-state index contributed by atoms with van der Waals surface area (Å²) in [5.41, 5.74) is 9.48.